The van der Waals surface area contributed by atoms with Crippen molar-refractivity contribution in [1.29, 1.82) is 0 Å². The molecule has 4 heteroatoms. The second-order valence-electron chi connectivity index (χ2n) is 6.73. The molecule has 0 aliphatic carbocycles. The SMILES string of the molecule is CN(C)Cc1ccc(CNC(=O)NCc2cccc3ccccc23)cc1. The van der Waals surface area contributed by atoms with Gasteiger partial charge in [0.05, 0.1) is 0 Å². The lowest BCUT2D eigenvalue weighted by Crippen LogP contribution is -2.34. The van der Waals surface area contributed by atoms with E-state index in [1.165, 1.54) is 16.3 Å². The van der Waals surface area contributed by atoms with E-state index in [0.29, 0.717) is 13.1 Å². The van der Waals surface area contributed by atoms with Crippen molar-refractivity contribution in [2.45, 2.75) is 19.6 Å². The minimum Gasteiger partial charge on any atom is -0.334 e. The number of hydrogen-bond acceptors (Lipinski definition) is 2. The van der Waals surface area contributed by atoms with Crippen LogP contribution in [-0.2, 0) is 19.6 Å². The van der Waals surface area contributed by atoms with Crippen LogP contribution in [0.3, 0.4) is 0 Å². The third kappa shape index (κ3) is 4.83. The summed E-state index contributed by atoms with van der Waals surface area (Å²) in [6.07, 6.45) is 0. The molecule has 0 unspecified atom stereocenters. The highest BCUT2D eigenvalue weighted by Crippen LogP contribution is 2.18. The fraction of sp³-hybridized carbons (Fsp3) is 0.227. The van der Waals surface area contributed by atoms with Gasteiger partial charge in [0, 0.05) is 19.6 Å². The maximum absolute atomic E-state index is 12.1. The number of fused-ring (bicyclic) bond motifs is 1. The number of nitrogens with one attached hydrogen (secondary N) is 2. The molecule has 2 amide bonds. The van der Waals surface area contributed by atoms with Gasteiger partial charge in [0.25, 0.3) is 0 Å². The largest absolute Gasteiger partial charge is 0.334 e. The zero-order valence-corrected chi connectivity index (χ0v) is 15.3. The second-order valence-corrected chi connectivity index (χ2v) is 6.73. The third-order valence-corrected chi connectivity index (χ3v) is 4.29. The Morgan fingerprint density at radius 1 is 0.808 bits per heavy atom. The maximum Gasteiger partial charge on any atom is 0.315 e. The minimum absolute atomic E-state index is 0.157. The van der Waals surface area contributed by atoms with E-state index in [1.807, 2.05) is 24.3 Å². The van der Waals surface area contributed by atoms with Crippen molar-refractivity contribution in [3.8, 4) is 0 Å². The Morgan fingerprint density at radius 2 is 1.46 bits per heavy atom. The number of carbonyl (C=O) groups is 1. The molecule has 0 bridgehead atoms. The summed E-state index contributed by atoms with van der Waals surface area (Å²) in [4.78, 5) is 14.2. The van der Waals surface area contributed by atoms with Crippen LogP contribution < -0.4 is 10.6 Å². The molecule has 0 heterocycles. The van der Waals surface area contributed by atoms with Crippen molar-refractivity contribution in [2.24, 2.45) is 0 Å². The highest BCUT2D eigenvalue weighted by molar-refractivity contribution is 5.86. The van der Waals surface area contributed by atoms with Gasteiger partial charge in [-0.1, -0.05) is 66.7 Å². The average Bonchev–Trinajstić information content (AvgIpc) is 2.65. The van der Waals surface area contributed by atoms with Crippen molar-refractivity contribution in [3.63, 3.8) is 0 Å². The van der Waals surface area contributed by atoms with Gasteiger partial charge in [-0.3, -0.25) is 0 Å². The number of carbonyl (C=O) groups excluding carboxylic acids is 1. The molecule has 0 radical (unpaired) electrons. The van der Waals surface area contributed by atoms with Crippen LogP contribution >= 0.6 is 0 Å². The van der Waals surface area contributed by atoms with Crippen LogP contribution in [-0.4, -0.2) is 25.0 Å². The van der Waals surface area contributed by atoms with Gasteiger partial charge >= 0.3 is 6.03 Å². The van der Waals surface area contributed by atoms with Crippen LogP contribution in [0.15, 0.2) is 66.7 Å². The van der Waals surface area contributed by atoms with E-state index in [1.54, 1.807) is 0 Å². The Hall–Kier alpha value is -2.85. The van der Waals surface area contributed by atoms with Gasteiger partial charge in [-0.15, -0.1) is 0 Å². The summed E-state index contributed by atoms with van der Waals surface area (Å²) in [6.45, 7) is 1.94. The molecule has 26 heavy (non-hydrogen) atoms. The fourth-order valence-electron chi connectivity index (χ4n) is 2.99. The van der Waals surface area contributed by atoms with E-state index in [-0.39, 0.29) is 6.03 Å². The number of urea groups is 1. The van der Waals surface area contributed by atoms with Gasteiger partial charge in [-0.05, 0) is 41.6 Å². The van der Waals surface area contributed by atoms with E-state index in [9.17, 15) is 4.79 Å². The predicted octanol–water partition coefficient (Wildman–Crippen LogP) is 3.90. The lowest BCUT2D eigenvalue weighted by molar-refractivity contribution is 0.240. The molecule has 0 saturated heterocycles. The van der Waals surface area contributed by atoms with Crippen LogP contribution in [0.5, 0.6) is 0 Å². The Bertz CT molecular complexity index is 867. The van der Waals surface area contributed by atoms with Gasteiger partial charge < -0.3 is 15.5 Å². The van der Waals surface area contributed by atoms with Crippen molar-refractivity contribution >= 4 is 16.8 Å². The van der Waals surface area contributed by atoms with Crippen LogP contribution in [0, 0.1) is 0 Å². The highest BCUT2D eigenvalue weighted by Gasteiger charge is 2.04. The molecule has 134 valence electrons. The first-order chi connectivity index (χ1) is 12.6. The summed E-state index contributed by atoms with van der Waals surface area (Å²) < 4.78 is 0. The van der Waals surface area contributed by atoms with Crippen LogP contribution in [0.25, 0.3) is 10.8 Å². The molecule has 3 aromatic carbocycles. The fourth-order valence-corrected chi connectivity index (χ4v) is 2.99. The van der Waals surface area contributed by atoms with Crippen molar-refractivity contribution in [3.05, 3.63) is 83.4 Å². The summed E-state index contributed by atoms with van der Waals surface area (Å²) >= 11 is 0. The lowest BCUT2D eigenvalue weighted by Gasteiger charge is -2.11. The van der Waals surface area contributed by atoms with E-state index in [0.717, 1.165) is 17.7 Å². The summed E-state index contributed by atoms with van der Waals surface area (Å²) in [5.74, 6) is 0. The maximum atomic E-state index is 12.1. The number of hydrogen-bond donors (Lipinski definition) is 2. The van der Waals surface area contributed by atoms with Crippen LogP contribution in [0.2, 0.25) is 0 Å². The first-order valence-electron chi connectivity index (χ1n) is 8.83. The summed E-state index contributed by atoms with van der Waals surface area (Å²) in [6, 6.07) is 22.5. The van der Waals surface area contributed by atoms with E-state index < -0.39 is 0 Å². The quantitative estimate of drug-likeness (QED) is 0.710. The first-order valence-corrected chi connectivity index (χ1v) is 8.83. The lowest BCUT2D eigenvalue weighted by atomic mass is 10.0. The standard InChI is InChI=1S/C22H25N3O/c1-25(2)16-18-12-10-17(11-13-18)14-23-22(26)24-15-20-8-5-7-19-6-3-4-9-21(19)20/h3-13H,14-16H2,1-2H3,(H2,23,24,26). The highest BCUT2D eigenvalue weighted by atomic mass is 16.2. The number of rotatable bonds is 6. The molecule has 0 fully saturated rings. The van der Waals surface area contributed by atoms with Crippen LogP contribution in [0.1, 0.15) is 16.7 Å². The second kappa shape index (κ2) is 8.50. The molecule has 4 nitrogen and oxygen atoms in total. The van der Waals surface area contributed by atoms with Gasteiger partial charge in [0.15, 0.2) is 0 Å². The monoisotopic (exact) mass is 347 g/mol. The molecule has 3 rings (SSSR count). The van der Waals surface area contributed by atoms with Crippen LogP contribution in [0.4, 0.5) is 4.79 Å². The van der Waals surface area contributed by atoms with Crippen molar-refractivity contribution < 1.29 is 4.79 Å². The topological polar surface area (TPSA) is 44.4 Å². The smallest absolute Gasteiger partial charge is 0.315 e. The Balaban J connectivity index is 1.51. The zero-order chi connectivity index (χ0) is 18.4. The first kappa shape index (κ1) is 18.0. The predicted molar refractivity (Wildman–Crippen MR) is 107 cm³/mol. The van der Waals surface area contributed by atoms with Gasteiger partial charge in [0.2, 0.25) is 0 Å². The molecule has 2 N–H and O–H groups in total. The number of nitrogens with zero attached hydrogens (tertiary/aromatic N) is 1. The molecule has 0 aliphatic heterocycles. The molecule has 0 aromatic heterocycles. The summed E-state index contributed by atoms with van der Waals surface area (Å²) in [5.41, 5.74) is 3.47. The van der Waals surface area contributed by atoms with E-state index >= 15 is 0 Å². The normalized spacial score (nSPS) is 10.9. The van der Waals surface area contributed by atoms with E-state index in [4.69, 9.17) is 0 Å². The van der Waals surface area contributed by atoms with Crippen molar-refractivity contribution in [1.82, 2.24) is 15.5 Å². The molecule has 3 aromatic rings. The molecule has 0 atom stereocenters. The Kier molecular flexibility index (Phi) is 5.87. The van der Waals surface area contributed by atoms with Gasteiger partial charge in [-0.25, -0.2) is 4.79 Å². The Morgan fingerprint density at radius 3 is 2.23 bits per heavy atom. The molecule has 0 aliphatic rings. The Labute approximate surface area is 154 Å². The number of benzene rings is 3. The molecular formula is C22H25N3O. The van der Waals surface area contributed by atoms with E-state index in [2.05, 4.69) is 72.1 Å². The number of amides is 2. The van der Waals surface area contributed by atoms with Crippen molar-refractivity contribution in [2.75, 3.05) is 14.1 Å². The summed E-state index contributed by atoms with van der Waals surface area (Å²) in [5, 5.41) is 8.22. The molecule has 0 saturated carbocycles. The molecule has 0 spiro atoms. The average molecular weight is 347 g/mol. The third-order valence-electron chi connectivity index (χ3n) is 4.29. The minimum atomic E-state index is -0.157. The molecular weight excluding hydrogens is 322 g/mol. The van der Waals surface area contributed by atoms with Gasteiger partial charge in [-0.2, -0.15) is 0 Å². The zero-order valence-electron chi connectivity index (χ0n) is 15.3. The van der Waals surface area contributed by atoms with Gasteiger partial charge in [0.1, 0.15) is 0 Å². The summed E-state index contributed by atoms with van der Waals surface area (Å²) in [7, 11) is 4.10.